The molecule has 2 aliphatic heterocycles. The molecule has 1 unspecified atom stereocenters. The van der Waals surface area contributed by atoms with Gasteiger partial charge in [0.05, 0.1) is 27.2 Å². The second kappa shape index (κ2) is 11.1. The minimum Gasteiger partial charge on any atom is -0.345 e. The van der Waals surface area contributed by atoms with E-state index >= 15 is 0 Å². The zero-order valence-corrected chi connectivity index (χ0v) is 21.6. The van der Waals surface area contributed by atoms with E-state index in [1.807, 2.05) is 36.5 Å². The highest BCUT2D eigenvalue weighted by Crippen LogP contribution is 2.32. The van der Waals surface area contributed by atoms with Gasteiger partial charge in [-0.25, -0.2) is 4.39 Å². The SMILES string of the molecule is O=C(N[C@@H](CCN1CC2=CN(C(=O)c3c(F)cccc3Cl)CC2C1)c1ccccc1)c1ccccc1Cl. The Bertz CT molecular complexity index is 1330. The first-order chi connectivity index (χ1) is 17.9. The molecule has 37 heavy (non-hydrogen) atoms. The largest absolute Gasteiger partial charge is 0.345 e. The molecule has 3 aromatic carbocycles. The summed E-state index contributed by atoms with van der Waals surface area (Å²) in [7, 11) is 0. The van der Waals surface area contributed by atoms with E-state index in [0.29, 0.717) is 23.6 Å². The molecule has 3 aromatic rings. The molecular weight excluding hydrogens is 512 g/mol. The molecule has 0 spiro atoms. The first-order valence-electron chi connectivity index (χ1n) is 12.2. The summed E-state index contributed by atoms with van der Waals surface area (Å²) in [5.41, 5.74) is 2.54. The number of hydrogen-bond acceptors (Lipinski definition) is 3. The molecule has 2 aliphatic rings. The van der Waals surface area contributed by atoms with Crippen LogP contribution in [0.25, 0.3) is 0 Å². The molecular formula is C29H26Cl2FN3O2. The Morgan fingerprint density at radius 3 is 2.41 bits per heavy atom. The van der Waals surface area contributed by atoms with Crippen molar-refractivity contribution in [3.8, 4) is 0 Å². The maximum absolute atomic E-state index is 14.2. The number of benzene rings is 3. The van der Waals surface area contributed by atoms with Crippen LogP contribution in [0.3, 0.4) is 0 Å². The second-order valence-electron chi connectivity index (χ2n) is 9.40. The van der Waals surface area contributed by atoms with E-state index in [0.717, 1.165) is 30.8 Å². The minimum atomic E-state index is -0.611. The Labute approximate surface area is 225 Å². The van der Waals surface area contributed by atoms with Gasteiger partial charge in [0.15, 0.2) is 0 Å². The lowest BCUT2D eigenvalue weighted by Gasteiger charge is -2.24. The Hall–Kier alpha value is -3.19. The van der Waals surface area contributed by atoms with Crippen molar-refractivity contribution in [3.63, 3.8) is 0 Å². The standard InChI is InChI=1S/C29H26Cl2FN3O2/c30-23-10-5-4-9-22(23)28(36)33-26(19-7-2-1-3-8-19)13-14-34-15-20-17-35(18-21(20)16-34)29(37)27-24(31)11-6-12-25(27)32/h1-12,17,21,26H,13-16,18H2,(H,33,36)/t21?,26-/m0/s1. The highest BCUT2D eigenvalue weighted by Gasteiger charge is 2.36. The van der Waals surface area contributed by atoms with Crippen molar-refractivity contribution in [3.05, 3.63) is 117 Å². The van der Waals surface area contributed by atoms with E-state index in [-0.39, 0.29) is 28.5 Å². The van der Waals surface area contributed by atoms with Crippen molar-refractivity contribution in [2.45, 2.75) is 12.5 Å². The van der Waals surface area contributed by atoms with Crippen LogP contribution in [0, 0.1) is 11.7 Å². The lowest BCUT2D eigenvalue weighted by Crippen LogP contribution is -2.33. The lowest BCUT2D eigenvalue weighted by molar-refractivity contribution is 0.0816. The number of amides is 2. The van der Waals surface area contributed by atoms with Gasteiger partial charge >= 0.3 is 0 Å². The fraction of sp³-hybridized carbons (Fsp3) is 0.241. The Balaban J connectivity index is 1.23. The summed E-state index contributed by atoms with van der Waals surface area (Å²) in [5, 5.41) is 3.69. The molecule has 0 saturated carbocycles. The van der Waals surface area contributed by atoms with Crippen molar-refractivity contribution in [1.29, 1.82) is 0 Å². The summed E-state index contributed by atoms with van der Waals surface area (Å²) in [6.07, 6.45) is 2.55. The van der Waals surface area contributed by atoms with E-state index in [1.54, 1.807) is 29.2 Å². The molecule has 1 fully saturated rings. The van der Waals surface area contributed by atoms with Crippen molar-refractivity contribution < 1.29 is 14.0 Å². The van der Waals surface area contributed by atoms with Crippen LogP contribution in [0.4, 0.5) is 4.39 Å². The van der Waals surface area contributed by atoms with Crippen LogP contribution in [-0.4, -0.2) is 47.8 Å². The van der Waals surface area contributed by atoms with E-state index in [9.17, 15) is 14.0 Å². The van der Waals surface area contributed by atoms with Gasteiger partial charge in [-0.3, -0.25) is 14.5 Å². The van der Waals surface area contributed by atoms with E-state index in [4.69, 9.17) is 23.2 Å². The summed E-state index contributed by atoms with van der Waals surface area (Å²) in [5.74, 6) is -1.04. The van der Waals surface area contributed by atoms with Crippen molar-refractivity contribution >= 4 is 35.0 Å². The normalized spacial score (nSPS) is 17.9. The molecule has 1 saturated heterocycles. The number of likely N-dealkylation sites (tertiary alicyclic amines) is 1. The van der Waals surface area contributed by atoms with Gasteiger partial charge < -0.3 is 10.2 Å². The Morgan fingerprint density at radius 2 is 1.68 bits per heavy atom. The van der Waals surface area contributed by atoms with Gasteiger partial charge in [0.25, 0.3) is 11.8 Å². The van der Waals surface area contributed by atoms with Gasteiger partial charge in [0.2, 0.25) is 0 Å². The number of halogens is 3. The molecule has 0 radical (unpaired) electrons. The van der Waals surface area contributed by atoms with Gasteiger partial charge in [-0.1, -0.05) is 71.7 Å². The van der Waals surface area contributed by atoms with Crippen LogP contribution in [-0.2, 0) is 0 Å². The van der Waals surface area contributed by atoms with E-state index in [2.05, 4.69) is 10.2 Å². The first kappa shape index (κ1) is 25.5. The van der Waals surface area contributed by atoms with Crippen LogP contribution in [0.2, 0.25) is 10.0 Å². The average Bonchev–Trinajstić information content (AvgIpc) is 3.46. The average molecular weight is 538 g/mol. The zero-order valence-electron chi connectivity index (χ0n) is 20.0. The van der Waals surface area contributed by atoms with Crippen molar-refractivity contribution in [2.24, 2.45) is 5.92 Å². The summed E-state index contributed by atoms with van der Waals surface area (Å²) < 4.78 is 14.2. The number of nitrogens with zero attached hydrogens (tertiary/aromatic N) is 2. The van der Waals surface area contributed by atoms with Gasteiger partial charge in [-0.05, 0) is 41.8 Å². The highest BCUT2D eigenvalue weighted by molar-refractivity contribution is 6.34. The number of rotatable bonds is 7. The number of hydrogen-bond donors (Lipinski definition) is 1. The molecule has 0 aromatic heterocycles. The van der Waals surface area contributed by atoms with Crippen LogP contribution < -0.4 is 5.32 Å². The number of carbonyl (C=O) groups excluding carboxylic acids is 2. The molecule has 2 atom stereocenters. The van der Waals surface area contributed by atoms with Gasteiger partial charge in [0, 0.05) is 38.3 Å². The number of carbonyl (C=O) groups is 2. The second-order valence-corrected chi connectivity index (χ2v) is 10.2. The van der Waals surface area contributed by atoms with Gasteiger partial charge in [-0.15, -0.1) is 0 Å². The highest BCUT2D eigenvalue weighted by atomic mass is 35.5. The quantitative estimate of drug-likeness (QED) is 0.404. The lowest BCUT2D eigenvalue weighted by atomic mass is 10.0. The molecule has 2 amide bonds. The third-order valence-corrected chi connectivity index (χ3v) is 7.59. The van der Waals surface area contributed by atoms with Crippen LogP contribution in [0.15, 0.2) is 84.6 Å². The number of nitrogens with one attached hydrogen (secondary N) is 1. The Kier molecular flexibility index (Phi) is 7.60. The summed E-state index contributed by atoms with van der Waals surface area (Å²) in [4.78, 5) is 29.8. The van der Waals surface area contributed by atoms with Gasteiger partial charge in [-0.2, -0.15) is 0 Å². The zero-order chi connectivity index (χ0) is 25.9. The molecule has 190 valence electrons. The summed E-state index contributed by atoms with van der Waals surface area (Å²) in [6.45, 7) is 2.78. The molecule has 1 N–H and O–H groups in total. The van der Waals surface area contributed by atoms with Crippen molar-refractivity contribution in [1.82, 2.24) is 15.1 Å². The predicted octanol–water partition coefficient (Wildman–Crippen LogP) is 5.97. The maximum Gasteiger partial charge on any atom is 0.262 e. The Morgan fingerprint density at radius 1 is 0.946 bits per heavy atom. The minimum absolute atomic E-state index is 0.0854. The maximum atomic E-state index is 14.2. The summed E-state index contributed by atoms with van der Waals surface area (Å²) in [6, 6.07) is 21.0. The van der Waals surface area contributed by atoms with E-state index < -0.39 is 11.7 Å². The smallest absolute Gasteiger partial charge is 0.262 e. The summed E-state index contributed by atoms with van der Waals surface area (Å²) >= 11 is 12.3. The molecule has 0 bridgehead atoms. The fourth-order valence-corrected chi connectivity index (χ4v) is 5.52. The monoisotopic (exact) mass is 537 g/mol. The third-order valence-electron chi connectivity index (χ3n) is 6.95. The first-order valence-corrected chi connectivity index (χ1v) is 12.9. The predicted molar refractivity (Wildman–Crippen MR) is 143 cm³/mol. The molecule has 0 aliphatic carbocycles. The molecule has 2 heterocycles. The fourth-order valence-electron chi connectivity index (χ4n) is 5.05. The molecule has 5 rings (SSSR count). The topological polar surface area (TPSA) is 52.7 Å². The number of fused-ring (bicyclic) bond motifs is 1. The van der Waals surface area contributed by atoms with Crippen molar-refractivity contribution in [2.75, 3.05) is 26.2 Å². The van der Waals surface area contributed by atoms with E-state index in [1.165, 1.54) is 18.2 Å². The van der Waals surface area contributed by atoms with Crippen LogP contribution >= 0.6 is 23.2 Å². The van der Waals surface area contributed by atoms with Crippen LogP contribution in [0.5, 0.6) is 0 Å². The van der Waals surface area contributed by atoms with Gasteiger partial charge in [0.1, 0.15) is 5.82 Å². The molecule has 5 nitrogen and oxygen atoms in total. The molecule has 8 heteroatoms. The van der Waals surface area contributed by atoms with Crippen LogP contribution in [0.1, 0.15) is 38.7 Å². The third kappa shape index (κ3) is 5.57.